The van der Waals surface area contributed by atoms with E-state index in [0.29, 0.717) is 17.8 Å². The number of anilines is 1. The van der Waals surface area contributed by atoms with Crippen LogP contribution in [0.1, 0.15) is 28.7 Å². The molecule has 0 aromatic heterocycles. The average molecular weight is 350 g/mol. The van der Waals surface area contributed by atoms with Crippen molar-refractivity contribution < 1.29 is 14.7 Å². The summed E-state index contributed by atoms with van der Waals surface area (Å²) >= 11 is 0. The molecule has 5 heteroatoms. The number of nitrogens with one attached hydrogen (secondary N) is 1. The van der Waals surface area contributed by atoms with Gasteiger partial charge in [-0.25, -0.2) is 0 Å². The Balaban J connectivity index is 2.06. The smallest absolute Gasteiger partial charge is 0.251 e. The van der Waals surface area contributed by atoms with Crippen LogP contribution in [-0.4, -0.2) is 24.0 Å². The topological polar surface area (TPSA) is 69.6 Å². The normalized spacial score (nSPS) is 14.1. The van der Waals surface area contributed by atoms with Gasteiger partial charge in [0.15, 0.2) is 0 Å². The van der Waals surface area contributed by atoms with Gasteiger partial charge < -0.3 is 15.3 Å². The first-order valence-corrected chi connectivity index (χ1v) is 8.52. The number of amides is 2. The molecule has 1 aliphatic rings. The minimum absolute atomic E-state index is 0.0903. The summed E-state index contributed by atoms with van der Waals surface area (Å²) < 4.78 is 0. The molecule has 134 valence electrons. The van der Waals surface area contributed by atoms with E-state index in [0.717, 1.165) is 11.1 Å². The van der Waals surface area contributed by atoms with E-state index in [-0.39, 0.29) is 23.7 Å². The van der Waals surface area contributed by atoms with Crippen LogP contribution in [-0.2, 0) is 16.1 Å². The molecule has 1 heterocycles. The summed E-state index contributed by atoms with van der Waals surface area (Å²) in [5.41, 5.74) is 4.53. The first-order chi connectivity index (χ1) is 12.4. The molecular formula is C21H22N2O3. The van der Waals surface area contributed by atoms with Crippen LogP contribution in [0.4, 0.5) is 5.69 Å². The number of hydrogen-bond acceptors (Lipinski definition) is 3. The molecule has 2 aromatic rings. The number of hydrogen-bond donors (Lipinski definition) is 2. The maximum absolute atomic E-state index is 12.9. The predicted molar refractivity (Wildman–Crippen MR) is 102 cm³/mol. The van der Waals surface area contributed by atoms with Crippen molar-refractivity contribution in [3.05, 3.63) is 70.3 Å². The van der Waals surface area contributed by atoms with Gasteiger partial charge in [0.1, 0.15) is 5.76 Å². The van der Waals surface area contributed by atoms with Gasteiger partial charge in [0.05, 0.1) is 24.2 Å². The standard InChI is InChI=1S/C21H22N2O3/c1-13-8-9-15(10-14(13)2)12-23-18-7-5-4-6-16(18)20(25)17(11-19(23)24)21(26)22-3/h4-10,25H,11-12H2,1-3H3,(H,22,26). The number of rotatable bonds is 3. The van der Waals surface area contributed by atoms with Crippen LogP contribution < -0.4 is 10.2 Å². The zero-order valence-electron chi connectivity index (χ0n) is 15.2. The second kappa shape index (κ2) is 7.04. The van der Waals surface area contributed by atoms with Crippen LogP contribution in [0.3, 0.4) is 0 Å². The molecule has 5 nitrogen and oxygen atoms in total. The summed E-state index contributed by atoms with van der Waals surface area (Å²) in [7, 11) is 1.48. The second-order valence-electron chi connectivity index (χ2n) is 6.50. The van der Waals surface area contributed by atoms with E-state index in [9.17, 15) is 14.7 Å². The third-order valence-electron chi connectivity index (χ3n) is 4.78. The van der Waals surface area contributed by atoms with Crippen molar-refractivity contribution in [1.29, 1.82) is 0 Å². The van der Waals surface area contributed by atoms with E-state index >= 15 is 0 Å². The second-order valence-corrected chi connectivity index (χ2v) is 6.50. The van der Waals surface area contributed by atoms with Gasteiger partial charge in [0.2, 0.25) is 5.91 Å². The van der Waals surface area contributed by atoms with Crippen LogP contribution in [0.2, 0.25) is 0 Å². The Kier molecular flexibility index (Phi) is 4.80. The van der Waals surface area contributed by atoms with Gasteiger partial charge in [-0.2, -0.15) is 0 Å². The fraction of sp³-hybridized carbons (Fsp3) is 0.238. The number of para-hydroxylation sites is 1. The first-order valence-electron chi connectivity index (χ1n) is 8.52. The molecular weight excluding hydrogens is 328 g/mol. The molecule has 0 bridgehead atoms. The Bertz CT molecular complexity index is 915. The monoisotopic (exact) mass is 350 g/mol. The van der Waals surface area contributed by atoms with Gasteiger partial charge in [-0.3, -0.25) is 9.59 Å². The SMILES string of the molecule is CNC(=O)C1=C(O)c2ccccc2N(Cc2ccc(C)c(C)c2)C(=O)C1. The molecule has 0 aliphatic carbocycles. The van der Waals surface area contributed by atoms with Crippen LogP contribution in [0.25, 0.3) is 5.76 Å². The van der Waals surface area contributed by atoms with Crippen LogP contribution in [0.5, 0.6) is 0 Å². The van der Waals surface area contributed by atoms with Crippen molar-refractivity contribution in [3.8, 4) is 0 Å². The highest BCUT2D eigenvalue weighted by atomic mass is 16.3. The minimum atomic E-state index is -0.446. The van der Waals surface area contributed by atoms with Gasteiger partial charge >= 0.3 is 0 Å². The van der Waals surface area contributed by atoms with Crippen LogP contribution in [0.15, 0.2) is 48.0 Å². The Morgan fingerprint density at radius 2 is 1.88 bits per heavy atom. The number of carbonyl (C=O) groups is 2. The van der Waals surface area contributed by atoms with Gasteiger partial charge in [-0.15, -0.1) is 0 Å². The van der Waals surface area contributed by atoms with E-state index in [1.54, 1.807) is 23.1 Å². The quantitative estimate of drug-likeness (QED) is 0.893. The highest BCUT2D eigenvalue weighted by Crippen LogP contribution is 2.34. The average Bonchev–Trinajstić information content (AvgIpc) is 2.74. The van der Waals surface area contributed by atoms with Crippen LogP contribution >= 0.6 is 0 Å². The molecule has 2 aromatic carbocycles. The van der Waals surface area contributed by atoms with Crippen molar-refractivity contribution >= 4 is 23.3 Å². The number of likely N-dealkylation sites (N-methyl/N-ethyl adjacent to an activating group) is 1. The molecule has 2 amide bonds. The van der Waals surface area contributed by atoms with E-state index in [4.69, 9.17) is 0 Å². The number of benzene rings is 2. The largest absolute Gasteiger partial charge is 0.507 e. The molecule has 0 radical (unpaired) electrons. The number of aliphatic hydroxyl groups excluding tert-OH is 1. The van der Waals surface area contributed by atoms with E-state index < -0.39 is 5.91 Å². The van der Waals surface area contributed by atoms with Crippen molar-refractivity contribution in [2.75, 3.05) is 11.9 Å². The Hall–Kier alpha value is -3.08. The molecule has 1 aliphatic heterocycles. The van der Waals surface area contributed by atoms with Crippen LogP contribution in [0, 0.1) is 13.8 Å². The first kappa shape index (κ1) is 17.7. The Labute approximate surface area is 153 Å². The molecule has 0 saturated carbocycles. The molecule has 0 unspecified atom stereocenters. The zero-order chi connectivity index (χ0) is 18.8. The lowest BCUT2D eigenvalue weighted by atomic mass is 10.0. The summed E-state index contributed by atoms with van der Waals surface area (Å²) in [6, 6.07) is 13.2. The zero-order valence-corrected chi connectivity index (χ0v) is 15.2. The Morgan fingerprint density at radius 1 is 1.15 bits per heavy atom. The summed E-state index contributed by atoms with van der Waals surface area (Å²) in [5.74, 6) is -0.812. The minimum Gasteiger partial charge on any atom is -0.507 e. The molecule has 2 N–H and O–H groups in total. The third-order valence-corrected chi connectivity index (χ3v) is 4.78. The fourth-order valence-corrected chi connectivity index (χ4v) is 3.13. The number of nitrogens with zero attached hydrogens (tertiary/aromatic N) is 1. The summed E-state index contributed by atoms with van der Waals surface area (Å²) in [6.07, 6.45) is -0.148. The molecule has 26 heavy (non-hydrogen) atoms. The lowest BCUT2D eigenvalue weighted by molar-refractivity contribution is -0.121. The maximum atomic E-state index is 12.9. The number of fused-ring (bicyclic) bond motifs is 1. The molecule has 0 atom stereocenters. The van der Waals surface area contributed by atoms with Crippen molar-refractivity contribution in [2.45, 2.75) is 26.8 Å². The van der Waals surface area contributed by atoms with Gasteiger partial charge in [0, 0.05) is 12.6 Å². The maximum Gasteiger partial charge on any atom is 0.251 e. The summed E-state index contributed by atoms with van der Waals surface area (Å²) in [6.45, 7) is 4.46. The van der Waals surface area contributed by atoms with Crippen molar-refractivity contribution in [1.82, 2.24) is 5.32 Å². The highest BCUT2D eigenvalue weighted by molar-refractivity contribution is 6.10. The molecule has 3 rings (SSSR count). The Morgan fingerprint density at radius 3 is 2.58 bits per heavy atom. The highest BCUT2D eigenvalue weighted by Gasteiger charge is 2.30. The number of aliphatic hydroxyl groups is 1. The van der Waals surface area contributed by atoms with Crippen molar-refractivity contribution in [3.63, 3.8) is 0 Å². The number of carbonyl (C=O) groups excluding carboxylic acids is 2. The summed E-state index contributed by atoms with van der Waals surface area (Å²) in [4.78, 5) is 26.7. The molecule has 0 fully saturated rings. The third kappa shape index (κ3) is 3.20. The van der Waals surface area contributed by atoms with E-state index in [2.05, 4.69) is 11.4 Å². The van der Waals surface area contributed by atoms with Gasteiger partial charge in [-0.1, -0.05) is 30.3 Å². The fourth-order valence-electron chi connectivity index (χ4n) is 3.13. The lowest BCUT2D eigenvalue weighted by Gasteiger charge is -2.23. The van der Waals surface area contributed by atoms with Gasteiger partial charge in [0.25, 0.3) is 5.91 Å². The number of aryl methyl sites for hydroxylation is 2. The molecule has 0 spiro atoms. The van der Waals surface area contributed by atoms with E-state index in [1.165, 1.54) is 12.6 Å². The van der Waals surface area contributed by atoms with Crippen molar-refractivity contribution in [2.24, 2.45) is 0 Å². The molecule has 0 saturated heterocycles. The summed E-state index contributed by atoms with van der Waals surface area (Å²) in [5, 5.41) is 13.1. The lowest BCUT2D eigenvalue weighted by Crippen LogP contribution is -2.31. The van der Waals surface area contributed by atoms with Gasteiger partial charge in [-0.05, 0) is 42.7 Å². The van der Waals surface area contributed by atoms with E-state index in [1.807, 2.05) is 32.0 Å². The predicted octanol–water partition coefficient (Wildman–Crippen LogP) is 3.26.